The maximum absolute atomic E-state index is 12.6. The summed E-state index contributed by atoms with van der Waals surface area (Å²) in [6.45, 7) is 1.61. The van der Waals surface area contributed by atoms with Crippen LogP contribution >= 0.6 is 23.2 Å². The highest BCUT2D eigenvalue weighted by Gasteiger charge is 2.19. The first kappa shape index (κ1) is 21.1. The summed E-state index contributed by atoms with van der Waals surface area (Å²) in [6, 6.07) is 2.49. The van der Waals surface area contributed by atoms with Crippen LogP contribution in [0.3, 0.4) is 0 Å². The van der Waals surface area contributed by atoms with Gasteiger partial charge >= 0.3 is 6.03 Å². The molecular formula is C17H18Cl2N6O4. The number of urea groups is 1. The van der Waals surface area contributed by atoms with Crippen molar-refractivity contribution >= 4 is 46.3 Å². The van der Waals surface area contributed by atoms with Crippen LogP contribution in [0.5, 0.6) is 5.88 Å². The summed E-state index contributed by atoms with van der Waals surface area (Å²) in [7, 11) is 1.54. The van der Waals surface area contributed by atoms with Gasteiger partial charge in [0.25, 0.3) is 0 Å². The predicted molar refractivity (Wildman–Crippen MR) is 108 cm³/mol. The van der Waals surface area contributed by atoms with Crippen molar-refractivity contribution in [2.24, 2.45) is 0 Å². The number of hydrogen-bond donors (Lipinski definition) is 3. The van der Waals surface area contributed by atoms with Gasteiger partial charge in [-0.1, -0.05) is 23.2 Å². The minimum Gasteiger partial charge on any atom is -0.474 e. The maximum Gasteiger partial charge on any atom is 0.323 e. The summed E-state index contributed by atoms with van der Waals surface area (Å²) in [6.07, 6.45) is 2.44. The topological polar surface area (TPSA) is 123 Å². The molecule has 0 aliphatic rings. The largest absolute Gasteiger partial charge is 0.474 e. The van der Waals surface area contributed by atoms with Crippen molar-refractivity contribution in [3.8, 4) is 5.88 Å². The molecule has 0 spiro atoms. The molecule has 0 bridgehead atoms. The van der Waals surface area contributed by atoms with E-state index in [9.17, 15) is 4.79 Å². The Hall–Kier alpha value is -2.66. The van der Waals surface area contributed by atoms with Crippen molar-refractivity contribution in [3.63, 3.8) is 0 Å². The fourth-order valence-electron chi connectivity index (χ4n) is 2.57. The molecule has 0 saturated carbocycles. The van der Waals surface area contributed by atoms with Crippen molar-refractivity contribution in [1.29, 1.82) is 0 Å². The summed E-state index contributed by atoms with van der Waals surface area (Å²) in [5.41, 5.74) is 1.68. The Balaban J connectivity index is 1.88. The Labute approximate surface area is 175 Å². The van der Waals surface area contributed by atoms with Crippen molar-refractivity contribution < 1.29 is 19.4 Å². The third-order valence-electron chi connectivity index (χ3n) is 3.87. The molecule has 0 aromatic carbocycles. The quantitative estimate of drug-likeness (QED) is 0.515. The van der Waals surface area contributed by atoms with Crippen LogP contribution in [-0.2, 0) is 4.74 Å². The lowest BCUT2D eigenvalue weighted by Crippen LogP contribution is -2.23. The Kier molecular flexibility index (Phi) is 6.70. The third-order valence-corrected chi connectivity index (χ3v) is 4.27. The number of fused-ring (bicyclic) bond motifs is 1. The van der Waals surface area contributed by atoms with Gasteiger partial charge in [0.15, 0.2) is 10.8 Å². The number of aliphatic hydroxyl groups is 1. The number of pyridine rings is 1. The van der Waals surface area contributed by atoms with Gasteiger partial charge in [0.2, 0.25) is 5.88 Å². The first-order chi connectivity index (χ1) is 13.9. The summed E-state index contributed by atoms with van der Waals surface area (Å²) in [5.74, 6) is 0.122. The summed E-state index contributed by atoms with van der Waals surface area (Å²) < 4.78 is 12.2. The van der Waals surface area contributed by atoms with Gasteiger partial charge in [0, 0.05) is 19.4 Å². The second-order valence-corrected chi connectivity index (χ2v) is 6.65. The predicted octanol–water partition coefficient (Wildman–Crippen LogP) is 3.15. The molecule has 1 atom stereocenters. The van der Waals surface area contributed by atoms with E-state index in [1.54, 1.807) is 13.0 Å². The van der Waals surface area contributed by atoms with Crippen LogP contribution in [0.4, 0.5) is 16.2 Å². The van der Waals surface area contributed by atoms with Gasteiger partial charge in [-0.25, -0.2) is 19.3 Å². The van der Waals surface area contributed by atoms with E-state index in [0.717, 1.165) is 0 Å². The maximum atomic E-state index is 12.6. The van der Waals surface area contributed by atoms with Gasteiger partial charge in [0.1, 0.15) is 12.3 Å². The molecule has 10 nitrogen and oxygen atoms in total. The van der Waals surface area contributed by atoms with Gasteiger partial charge in [-0.3, -0.25) is 0 Å². The highest BCUT2D eigenvalue weighted by Crippen LogP contribution is 2.28. The smallest absolute Gasteiger partial charge is 0.323 e. The zero-order chi connectivity index (χ0) is 21.0. The number of aromatic nitrogens is 4. The number of rotatable bonds is 7. The number of carbonyl (C=O) groups is 1. The van der Waals surface area contributed by atoms with Gasteiger partial charge in [0.05, 0.1) is 35.3 Å². The molecule has 0 aliphatic heterocycles. The Morgan fingerprint density at radius 3 is 2.72 bits per heavy atom. The number of halogens is 2. The molecule has 3 rings (SSSR count). The first-order valence-electron chi connectivity index (χ1n) is 8.47. The van der Waals surface area contributed by atoms with Crippen molar-refractivity contribution in [3.05, 3.63) is 40.4 Å². The molecule has 0 unspecified atom stereocenters. The van der Waals surface area contributed by atoms with E-state index < -0.39 is 12.1 Å². The number of aliphatic hydroxyl groups excluding tert-OH is 1. The van der Waals surface area contributed by atoms with Crippen LogP contribution in [0.1, 0.15) is 18.7 Å². The molecule has 0 fully saturated rings. The molecule has 0 radical (unpaired) electrons. The van der Waals surface area contributed by atoms with E-state index in [1.807, 2.05) is 0 Å². The Morgan fingerprint density at radius 1 is 1.24 bits per heavy atom. The van der Waals surface area contributed by atoms with Crippen LogP contribution in [0.15, 0.2) is 24.5 Å². The fourth-order valence-corrected chi connectivity index (χ4v) is 2.90. The van der Waals surface area contributed by atoms with Gasteiger partial charge < -0.3 is 25.2 Å². The lowest BCUT2D eigenvalue weighted by molar-refractivity contribution is 0.114. The van der Waals surface area contributed by atoms with Gasteiger partial charge in [-0.05, 0) is 13.0 Å². The lowest BCUT2D eigenvalue weighted by atomic mass is 10.2. The Morgan fingerprint density at radius 2 is 2.00 bits per heavy atom. The van der Waals surface area contributed by atoms with Crippen LogP contribution in [0.2, 0.25) is 10.2 Å². The average molecular weight is 441 g/mol. The van der Waals surface area contributed by atoms with Crippen molar-refractivity contribution in [2.45, 2.75) is 13.0 Å². The van der Waals surface area contributed by atoms with Gasteiger partial charge in [-0.15, -0.1) is 0 Å². The molecule has 3 N–H and O–H groups in total. The molecule has 0 saturated heterocycles. The van der Waals surface area contributed by atoms with Crippen LogP contribution in [0.25, 0.3) is 5.65 Å². The van der Waals surface area contributed by atoms with Gasteiger partial charge in [-0.2, -0.15) is 5.10 Å². The van der Waals surface area contributed by atoms with Crippen LogP contribution in [-0.4, -0.2) is 51.0 Å². The number of carbonyl (C=O) groups excluding carboxylic acids is 1. The number of anilines is 2. The fraction of sp³-hybridized carbons (Fsp3) is 0.294. The number of methoxy groups -OCH3 is 1. The van der Waals surface area contributed by atoms with Crippen molar-refractivity contribution in [1.82, 2.24) is 19.6 Å². The standard InChI is InChI=1S/C17H18Cl2N6O4/c1-9(28-2)15-12(8-20-14-6-13(19)24-25(14)15)23-17(27)22-11-5-10(18)7-21-16(11)29-4-3-26/h5-9,26H,3-4H2,1-2H3,(H2,22,23,27)/t9-/m0/s1. The molecule has 0 aliphatic carbocycles. The van der Waals surface area contributed by atoms with E-state index in [2.05, 4.69) is 25.7 Å². The first-order valence-corrected chi connectivity index (χ1v) is 9.22. The molecule has 29 heavy (non-hydrogen) atoms. The minimum absolute atomic E-state index is 0.0150. The molecular weight excluding hydrogens is 423 g/mol. The van der Waals surface area contributed by atoms with E-state index in [1.165, 1.54) is 30.1 Å². The summed E-state index contributed by atoms with van der Waals surface area (Å²) in [4.78, 5) is 20.9. The second-order valence-electron chi connectivity index (χ2n) is 5.83. The van der Waals surface area contributed by atoms with E-state index >= 15 is 0 Å². The highest BCUT2D eigenvalue weighted by atomic mass is 35.5. The lowest BCUT2D eigenvalue weighted by Gasteiger charge is -2.17. The zero-order valence-corrected chi connectivity index (χ0v) is 17.0. The molecule has 3 heterocycles. The van der Waals surface area contributed by atoms with E-state index in [4.69, 9.17) is 37.8 Å². The second kappa shape index (κ2) is 9.23. The van der Waals surface area contributed by atoms with Crippen LogP contribution < -0.4 is 15.4 Å². The zero-order valence-electron chi connectivity index (χ0n) is 15.5. The normalized spacial score (nSPS) is 12.0. The number of hydrogen-bond acceptors (Lipinski definition) is 7. The number of ether oxygens (including phenoxy) is 2. The monoisotopic (exact) mass is 440 g/mol. The molecule has 3 aromatic rings. The molecule has 2 amide bonds. The molecule has 154 valence electrons. The van der Waals surface area contributed by atoms with E-state index in [0.29, 0.717) is 22.1 Å². The summed E-state index contributed by atoms with van der Waals surface area (Å²) >= 11 is 11.9. The van der Waals surface area contributed by atoms with Crippen LogP contribution in [0, 0.1) is 0 Å². The highest BCUT2D eigenvalue weighted by molar-refractivity contribution is 6.31. The minimum atomic E-state index is -0.591. The number of amides is 2. The summed E-state index contributed by atoms with van der Waals surface area (Å²) in [5, 5.41) is 19.0. The number of nitrogens with one attached hydrogen (secondary N) is 2. The average Bonchev–Trinajstić information content (AvgIpc) is 3.06. The molecule has 12 heteroatoms. The number of nitrogens with zero attached hydrogens (tertiary/aromatic N) is 4. The van der Waals surface area contributed by atoms with Crippen molar-refractivity contribution in [2.75, 3.05) is 31.0 Å². The Bertz CT molecular complexity index is 1030. The third kappa shape index (κ3) is 4.85. The van der Waals surface area contributed by atoms with E-state index in [-0.39, 0.29) is 29.9 Å². The SMILES string of the molecule is CO[C@@H](C)c1c(NC(=O)Nc2cc(Cl)cnc2OCCO)cnc2cc(Cl)nn12. The molecule has 3 aromatic heterocycles.